The van der Waals surface area contributed by atoms with E-state index in [0.717, 1.165) is 36.2 Å². The van der Waals surface area contributed by atoms with Gasteiger partial charge in [0.25, 0.3) is 0 Å². The normalized spacial score (nSPS) is 10.8. The highest BCUT2D eigenvalue weighted by Crippen LogP contribution is 2.11. The second-order valence-corrected chi connectivity index (χ2v) is 4.39. The predicted octanol–water partition coefficient (Wildman–Crippen LogP) is 3.05. The van der Waals surface area contributed by atoms with Crippen LogP contribution in [0, 0.1) is 0 Å². The number of hydrogen-bond donors (Lipinski definition) is 2. The molecule has 0 atom stereocenters. The molecule has 20 heavy (non-hydrogen) atoms. The maximum Gasteiger partial charge on any atom is 0.191 e. The lowest BCUT2D eigenvalue weighted by Crippen LogP contribution is -2.39. The summed E-state index contributed by atoms with van der Waals surface area (Å²) in [6.07, 6.45) is 0. The Balaban J connectivity index is 0.00000361. The van der Waals surface area contributed by atoms with Crippen LogP contribution in [0.25, 0.3) is 0 Å². The van der Waals surface area contributed by atoms with Gasteiger partial charge in [-0.05, 0) is 31.5 Å². The van der Waals surface area contributed by atoms with Crippen LogP contribution < -0.4 is 10.6 Å². The number of nitrogens with zero attached hydrogens (tertiary/aromatic N) is 1. The third kappa shape index (κ3) is 8.60. The lowest BCUT2D eigenvalue weighted by atomic mass is 10.2. The quantitative estimate of drug-likeness (QED) is 0.314. The number of rotatable bonds is 7. The summed E-state index contributed by atoms with van der Waals surface area (Å²) in [6.45, 7) is 7.61. The Morgan fingerprint density at radius 3 is 2.75 bits per heavy atom. The minimum atomic E-state index is 0. The summed E-state index contributed by atoms with van der Waals surface area (Å²) < 4.78 is 5.28. The molecule has 0 aliphatic heterocycles. The van der Waals surface area contributed by atoms with Crippen molar-refractivity contribution in [2.24, 2.45) is 4.99 Å². The third-order valence-electron chi connectivity index (χ3n) is 2.40. The molecule has 0 radical (unpaired) electrons. The van der Waals surface area contributed by atoms with Gasteiger partial charge in [0.05, 0.1) is 13.2 Å². The van der Waals surface area contributed by atoms with Gasteiger partial charge in [-0.3, -0.25) is 0 Å². The van der Waals surface area contributed by atoms with Crippen LogP contribution in [0.15, 0.2) is 29.3 Å². The van der Waals surface area contributed by atoms with Crippen molar-refractivity contribution in [3.63, 3.8) is 0 Å². The Labute approximate surface area is 143 Å². The zero-order valence-corrected chi connectivity index (χ0v) is 15.1. The topological polar surface area (TPSA) is 45.7 Å². The van der Waals surface area contributed by atoms with E-state index in [0.29, 0.717) is 13.2 Å². The van der Waals surface area contributed by atoms with Gasteiger partial charge in [0.2, 0.25) is 0 Å². The molecule has 114 valence electrons. The SMILES string of the molecule is CCNC(=NCc1cccc(Cl)c1)NCCOCC.I. The third-order valence-corrected chi connectivity index (χ3v) is 2.63. The summed E-state index contributed by atoms with van der Waals surface area (Å²) >= 11 is 5.94. The van der Waals surface area contributed by atoms with Gasteiger partial charge in [-0.15, -0.1) is 24.0 Å². The summed E-state index contributed by atoms with van der Waals surface area (Å²) in [5.41, 5.74) is 1.09. The molecule has 0 unspecified atom stereocenters. The van der Waals surface area contributed by atoms with E-state index in [2.05, 4.69) is 15.6 Å². The molecular weight excluding hydrogens is 389 g/mol. The second-order valence-electron chi connectivity index (χ2n) is 3.95. The standard InChI is InChI=1S/C14H22ClN3O.HI/c1-3-16-14(17-8-9-19-4-2)18-11-12-6-5-7-13(15)10-12;/h5-7,10H,3-4,8-9,11H2,1-2H3,(H2,16,17,18);1H. The zero-order chi connectivity index (χ0) is 13.9. The van der Waals surface area contributed by atoms with Gasteiger partial charge in [0, 0.05) is 24.7 Å². The van der Waals surface area contributed by atoms with E-state index in [1.807, 2.05) is 38.1 Å². The lowest BCUT2D eigenvalue weighted by Gasteiger charge is -2.11. The Kier molecular flexibility index (Phi) is 11.9. The average Bonchev–Trinajstić information content (AvgIpc) is 2.41. The van der Waals surface area contributed by atoms with Gasteiger partial charge in [-0.2, -0.15) is 0 Å². The van der Waals surface area contributed by atoms with E-state index in [1.165, 1.54) is 0 Å². The van der Waals surface area contributed by atoms with Crippen LogP contribution in [-0.4, -0.2) is 32.3 Å². The number of nitrogens with one attached hydrogen (secondary N) is 2. The molecular formula is C14H23ClIN3O. The molecule has 0 bridgehead atoms. The van der Waals surface area contributed by atoms with Crippen LogP contribution in [0.5, 0.6) is 0 Å². The zero-order valence-electron chi connectivity index (χ0n) is 12.0. The summed E-state index contributed by atoms with van der Waals surface area (Å²) in [4.78, 5) is 4.50. The van der Waals surface area contributed by atoms with Crippen molar-refractivity contribution in [3.05, 3.63) is 34.9 Å². The number of ether oxygens (including phenoxy) is 1. The number of benzene rings is 1. The first-order valence-corrected chi connectivity index (χ1v) is 6.98. The van der Waals surface area contributed by atoms with Gasteiger partial charge < -0.3 is 15.4 Å². The van der Waals surface area contributed by atoms with Crippen molar-refractivity contribution >= 4 is 41.5 Å². The predicted molar refractivity (Wildman–Crippen MR) is 96.2 cm³/mol. The fourth-order valence-electron chi connectivity index (χ4n) is 1.53. The number of hydrogen-bond acceptors (Lipinski definition) is 2. The second kappa shape index (κ2) is 12.2. The average molecular weight is 412 g/mol. The molecule has 0 aliphatic rings. The van der Waals surface area contributed by atoms with Gasteiger partial charge in [0.15, 0.2) is 5.96 Å². The number of guanidine groups is 1. The van der Waals surface area contributed by atoms with Crippen LogP contribution in [0.1, 0.15) is 19.4 Å². The molecule has 6 heteroatoms. The van der Waals surface area contributed by atoms with Crippen molar-refractivity contribution in [3.8, 4) is 0 Å². The molecule has 0 saturated heterocycles. The molecule has 2 N–H and O–H groups in total. The van der Waals surface area contributed by atoms with E-state index in [-0.39, 0.29) is 24.0 Å². The lowest BCUT2D eigenvalue weighted by molar-refractivity contribution is 0.152. The molecule has 0 aliphatic carbocycles. The smallest absolute Gasteiger partial charge is 0.191 e. The summed E-state index contributed by atoms with van der Waals surface area (Å²) in [5.74, 6) is 0.794. The van der Waals surface area contributed by atoms with Gasteiger partial charge in [-0.25, -0.2) is 4.99 Å². The van der Waals surface area contributed by atoms with Gasteiger partial charge >= 0.3 is 0 Å². The maximum absolute atomic E-state index is 5.94. The molecule has 0 spiro atoms. The fraction of sp³-hybridized carbons (Fsp3) is 0.500. The summed E-state index contributed by atoms with van der Waals surface area (Å²) in [6, 6.07) is 7.73. The van der Waals surface area contributed by atoms with Crippen molar-refractivity contribution in [2.45, 2.75) is 20.4 Å². The Hall–Kier alpha value is -0.530. The van der Waals surface area contributed by atoms with E-state index >= 15 is 0 Å². The minimum Gasteiger partial charge on any atom is -0.380 e. The molecule has 1 aromatic carbocycles. The molecule has 0 amide bonds. The number of aliphatic imine (C=N–C) groups is 1. The first kappa shape index (κ1) is 19.5. The molecule has 0 fully saturated rings. The Morgan fingerprint density at radius 1 is 1.30 bits per heavy atom. The van der Waals surface area contributed by atoms with E-state index in [9.17, 15) is 0 Å². The van der Waals surface area contributed by atoms with Crippen molar-refractivity contribution < 1.29 is 4.74 Å². The largest absolute Gasteiger partial charge is 0.380 e. The fourth-order valence-corrected chi connectivity index (χ4v) is 1.75. The van der Waals surface area contributed by atoms with E-state index < -0.39 is 0 Å². The van der Waals surface area contributed by atoms with Crippen molar-refractivity contribution in [1.29, 1.82) is 0 Å². The van der Waals surface area contributed by atoms with Crippen LogP contribution >= 0.6 is 35.6 Å². The van der Waals surface area contributed by atoms with Crippen molar-refractivity contribution in [1.82, 2.24) is 10.6 Å². The van der Waals surface area contributed by atoms with E-state index in [1.54, 1.807) is 0 Å². The molecule has 4 nitrogen and oxygen atoms in total. The van der Waals surface area contributed by atoms with E-state index in [4.69, 9.17) is 16.3 Å². The Bertz CT molecular complexity index is 402. The first-order valence-electron chi connectivity index (χ1n) is 6.60. The van der Waals surface area contributed by atoms with Crippen molar-refractivity contribution in [2.75, 3.05) is 26.3 Å². The maximum atomic E-state index is 5.94. The van der Waals surface area contributed by atoms with Crippen LogP contribution in [-0.2, 0) is 11.3 Å². The van der Waals surface area contributed by atoms with Crippen LogP contribution in [0.2, 0.25) is 5.02 Å². The molecule has 0 heterocycles. The Morgan fingerprint density at radius 2 is 2.10 bits per heavy atom. The summed E-state index contributed by atoms with van der Waals surface area (Å²) in [5, 5.41) is 7.15. The first-order chi connectivity index (χ1) is 9.26. The molecule has 1 rings (SSSR count). The van der Waals surface area contributed by atoms with Gasteiger partial charge in [-0.1, -0.05) is 23.7 Å². The highest BCUT2D eigenvalue weighted by atomic mass is 127. The molecule has 1 aromatic rings. The summed E-state index contributed by atoms with van der Waals surface area (Å²) in [7, 11) is 0. The number of halogens is 2. The molecule has 0 aromatic heterocycles. The van der Waals surface area contributed by atoms with Crippen LogP contribution in [0.3, 0.4) is 0 Å². The highest BCUT2D eigenvalue weighted by molar-refractivity contribution is 14.0. The minimum absolute atomic E-state index is 0. The highest BCUT2D eigenvalue weighted by Gasteiger charge is 1.97. The monoisotopic (exact) mass is 411 g/mol. The van der Waals surface area contributed by atoms with Gasteiger partial charge in [0.1, 0.15) is 0 Å². The van der Waals surface area contributed by atoms with Crippen LogP contribution in [0.4, 0.5) is 0 Å². The molecule has 0 saturated carbocycles.